The standard InChI is InChI=1S/C34H38N8O4/c43-31(20-25-10-8-15-35-22-25)39-17-7-6-16-36-33(45)30-21-27(40(19-9-18-39)34(46)26-11-2-1-3-12-26)23-41(30)32(44)24-42-37-28-13-4-5-14-29(28)38-42/h1-5,8,10-15,22,27,30H,6-7,9,16-21,23-24H2,(H,36,45)/t27-,30-/m0/s1. The van der Waals surface area contributed by atoms with Crippen molar-refractivity contribution in [2.45, 2.75) is 50.7 Å². The molecule has 4 heterocycles. The monoisotopic (exact) mass is 622 g/mol. The lowest BCUT2D eigenvalue weighted by Crippen LogP contribution is -2.47. The van der Waals surface area contributed by atoms with E-state index in [1.165, 1.54) is 4.80 Å². The van der Waals surface area contributed by atoms with E-state index >= 15 is 0 Å². The zero-order valence-electron chi connectivity index (χ0n) is 25.7. The van der Waals surface area contributed by atoms with Crippen LogP contribution < -0.4 is 5.32 Å². The normalized spacial score (nSPS) is 19.5. The number of aromatic nitrogens is 4. The Bertz CT molecular complexity index is 1650. The molecule has 0 aliphatic carbocycles. The summed E-state index contributed by atoms with van der Waals surface area (Å²) < 4.78 is 0. The van der Waals surface area contributed by atoms with Crippen LogP contribution in [0.2, 0.25) is 0 Å². The van der Waals surface area contributed by atoms with Gasteiger partial charge in [0.1, 0.15) is 23.6 Å². The van der Waals surface area contributed by atoms with Crippen molar-refractivity contribution in [3.8, 4) is 0 Å². The summed E-state index contributed by atoms with van der Waals surface area (Å²) in [4.78, 5) is 65.3. The molecule has 6 rings (SSSR count). The fourth-order valence-electron chi connectivity index (χ4n) is 6.29. The zero-order valence-corrected chi connectivity index (χ0v) is 25.7. The number of pyridine rings is 1. The first-order valence-corrected chi connectivity index (χ1v) is 15.9. The molecule has 12 nitrogen and oxygen atoms in total. The highest BCUT2D eigenvalue weighted by Gasteiger charge is 2.43. The van der Waals surface area contributed by atoms with Crippen molar-refractivity contribution < 1.29 is 19.2 Å². The first-order valence-electron chi connectivity index (χ1n) is 15.9. The van der Waals surface area contributed by atoms with Gasteiger partial charge in [-0.05, 0) is 61.6 Å². The summed E-state index contributed by atoms with van der Waals surface area (Å²) >= 11 is 0. The number of hydrogen-bond donors (Lipinski definition) is 1. The zero-order chi connectivity index (χ0) is 31.9. The highest BCUT2D eigenvalue weighted by Crippen LogP contribution is 2.26. The minimum absolute atomic E-state index is 0.00246. The largest absolute Gasteiger partial charge is 0.354 e. The molecule has 0 spiro atoms. The molecule has 2 fully saturated rings. The summed E-state index contributed by atoms with van der Waals surface area (Å²) in [5.74, 6) is -0.697. The molecular formula is C34H38N8O4. The smallest absolute Gasteiger partial charge is 0.254 e. The summed E-state index contributed by atoms with van der Waals surface area (Å²) in [6, 6.07) is 19.0. The second-order valence-electron chi connectivity index (χ2n) is 11.8. The third-order valence-electron chi connectivity index (χ3n) is 8.64. The molecule has 0 radical (unpaired) electrons. The van der Waals surface area contributed by atoms with Gasteiger partial charge in [-0.2, -0.15) is 15.0 Å². The quantitative estimate of drug-likeness (QED) is 0.361. The van der Waals surface area contributed by atoms with Crippen LogP contribution in [-0.4, -0.2) is 103 Å². The highest BCUT2D eigenvalue weighted by atomic mass is 16.2. The molecule has 2 aliphatic heterocycles. The van der Waals surface area contributed by atoms with E-state index in [4.69, 9.17) is 0 Å². The van der Waals surface area contributed by atoms with Gasteiger partial charge in [0.05, 0.1) is 12.5 Å². The Labute approximate surface area is 267 Å². The van der Waals surface area contributed by atoms with Crippen LogP contribution in [0.1, 0.15) is 41.6 Å². The molecule has 0 unspecified atom stereocenters. The number of benzene rings is 2. The van der Waals surface area contributed by atoms with Gasteiger partial charge in [0.2, 0.25) is 17.7 Å². The summed E-state index contributed by atoms with van der Waals surface area (Å²) in [5.41, 5.74) is 2.75. The maximum atomic E-state index is 13.9. The molecule has 4 amide bonds. The van der Waals surface area contributed by atoms with Crippen molar-refractivity contribution in [1.29, 1.82) is 0 Å². The molecule has 0 saturated carbocycles. The molecule has 2 saturated heterocycles. The number of rotatable bonds is 5. The maximum Gasteiger partial charge on any atom is 0.254 e. The Balaban J connectivity index is 1.23. The fourth-order valence-corrected chi connectivity index (χ4v) is 6.29. The van der Waals surface area contributed by atoms with Gasteiger partial charge in [-0.1, -0.05) is 36.4 Å². The predicted molar refractivity (Wildman–Crippen MR) is 170 cm³/mol. The number of carbonyl (C=O) groups is 4. The van der Waals surface area contributed by atoms with E-state index in [0.29, 0.717) is 68.5 Å². The molecule has 46 heavy (non-hydrogen) atoms. The van der Waals surface area contributed by atoms with E-state index < -0.39 is 6.04 Å². The summed E-state index contributed by atoms with van der Waals surface area (Å²) in [5, 5.41) is 11.9. The maximum absolute atomic E-state index is 13.9. The molecule has 2 aromatic heterocycles. The van der Waals surface area contributed by atoms with E-state index in [9.17, 15) is 19.2 Å². The predicted octanol–water partition coefficient (Wildman–Crippen LogP) is 2.31. The number of nitrogens with one attached hydrogen (secondary N) is 1. The van der Waals surface area contributed by atoms with Crippen LogP contribution in [0.4, 0.5) is 0 Å². The lowest BCUT2D eigenvalue weighted by molar-refractivity contribution is -0.139. The molecule has 2 atom stereocenters. The average molecular weight is 623 g/mol. The van der Waals surface area contributed by atoms with Crippen LogP contribution in [0, 0.1) is 0 Å². The van der Waals surface area contributed by atoms with Gasteiger partial charge < -0.3 is 20.0 Å². The van der Waals surface area contributed by atoms with Gasteiger partial charge in [-0.25, -0.2) is 0 Å². The Morgan fingerprint density at radius 2 is 1.54 bits per heavy atom. The molecule has 12 heteroatoms. The van der Waals surface area contributed by atoms with E-state index in [0.717, 1.165) is 5.56 Å². The van der Waals surface area contributed by atoms with Gasteiger partial charge >= 0.3 is 0 Å². The number of hydrogen-bond acceptors (Lipinski definition) is 7. The highest BCUT2D eigenvalue weighted by molar-refractivity contribution is 5.95. The van der Waals surface area contributed by atoms with E-state index in [-0.39, 0.29) is 49.2 Å². The molecule has 2 aromatic carbocycles. The van der Waals surface area contributed by atoms with Crippen molar-refractivity contribution in [1.82, 2.24) is 40.0 Å². The van der Waals surface area contributed by atoms with Gasteiger partial charge in [0, 0.05) is 50.7 Å². The first kappa shape index (κ1) is 30.9. The van der Waals surface area contributed by atoms with Crippen LogP contribution >= 0.6 is 0 Å². The van der Waals surface area contributed by atoms with Crippen LogP contribution in [0.5, 0.6) is 0 Å². The first-order chi connectivity index (χ1) is 22.5. The molecule has 1 N–H and O–H groups in total. The number of fused-ring (bicyclic) bond motifs is 3. The van der Waals surface area contributed by atoms with Crippen LogP contribution in [0.25, 0.3) is 11.0 Å². The third-order valence-corrected chi connectivity index (χ3v) is 8.64. The third kappa shape index (κ3) is 7.22. The number of amides is 4. The van der Waals surface area contributed by atoms with Crippen LogP contribution in [-0.2, 0) is 27.3 Å². The van der Waals surface area contributed by atoms with Crippen LogP contribution in [0.15, 0.2) is 79.1 Å². The lowest BCUT2D eigenvalue weighted by Gasteiger charge is -2.31. The Morgan fingerprint density at radius 3 is 2.28 bits per heavy atom. The van der Waals surface area contributed by atoms with Gasteiger partial charge in [-0.3, -0.25) is 24.2 Å². The lowest BCUT2D eigenvalue weighted by atomic mass is 10.1. The summed E-state index contributed by atoms with van der Waals surface area (Å²) in [6.45, 7) is 1.92. The van der Waals surface area contributed by atoms with Crippen molar-refractivity contribution >= 4 is 34.7 Å². The minimum Gasteiger partial charge on any atom is -0.354 e. The summed E-state index contributed by atoms with van der Waals surface area (Å²) in [7, 11) is 0. The molecule has 2 bridgehead atoms. The fraction of sp³-hybridized carbons (Fsp3) is 0.382. The molecular weight excluding hydrogens is 584 g/mol. The van der Waals surface area contributed by atoms with Crippen molar-refractivity contribution in [2.75, 3.05) is 32.7 Å². The van der Waals surface area contributed by atoms with E-state index in [1.54, 1.807) is 34.3 Å². The minimum atomic E-state index is -0.728. The average Bonchev–Trinajstić information content (AvgIpc) is 3.70. The van der Waals surface area contributed by atoms with Gasteiger partial charge in [0.15, 0.2) is 0 Å². The van der Waals surface area contributed by atoms with Crippen molar-refractivity contribution in [3.05, 3.63) is 90.3 Å². The van der Waals surface area contributed by atoms with Gasteiger partial charge in [-0.15, -0.1) is 0 Å². The van der Waals surface area contributed by atoms with Crippen molar-refractivity contribution in [3.63, 3.8) is 0 Å². The van der Waals surface area contributed by atoms with E-state index in [2.05, 4.69) is 20.5 Å². The topological polar surface area (TPSA) is 134 Å². The van der Waals surface area contributed by atoms with E-state index in [1.807, 2.05) is 59.5 Å². The molecule has 2 aliphatic rings. The number of carbonyl (C=O) groups excluding carboxylic acids is 4. The Kier molecular flexibility index (Phi) is 9.61. The second kappa shape index (κ2) is 14.3. The molecule has 4 aromatic rings. The summed E-state index contributed by atoms with van der Waals surface area (Å²) in [6.07, 6.45) is 5.90. The Morgan fingerprint density at radius 1 is 0.804 bits per heavy atom. The van der Waals surface area contributed by atoms with Gasteiger partial charge in [0.25, 0.3) is 5.91 Å². The SMILES string of the molecule is O=C1NCCCCN(C(=O)Cc2cccnc2)CCCN(C(=O)c2ccccc2)[C@H]2C[C@@H]1N(C(=O)Cn1nc3ccccc3n1)C2. The number of likely N-dealkylation sites (tertiary alicyclic amines) is 1. The van der Waals surface area contributed by atoms with Crippen LogP contribution in [0.3, 0.4) is 0 Å². The molecule has 238 valence electrons. The van der Waals surface area contributed by atoms with Crippen molar-refractivity contribution in [2.24, 2.45) is 0 Å². The number of nitrogens with zero attached hydrogens (tertiary/aromatic N) is 7. The second-order valence-corrected chi connectivity index (χ2v) is 11.8. The Hall–Kier alpha value is -5.13.